The fourth-order valence-electron chi connectivity index (χ4n) is 2.88. The molecule has 0 spiro atoms. The third kappa shape index (κ3) is 3.24. The van der Waals surface area contributed by atoms with Crippen LogP contribution in [0.1, 0.15) is 42.5 Å². The van der Waals surface area contributed by atoms with Gasteiger partial charge >= 0.3 is 5.76 Å². The normalized spacial score (nSPS) is 20.8. The molecule has 1 aliphatic heterocycles. The summed E-state index contributed by atoms with van der Waals surface area (Å²) >= 11 is 3.74. The number of rotatable bonds is 4. The molecule has 2 aromatic rings. The first kappa shape index (κ1) is 14.9. The van der Waals surface area contributed by atoms with Crippen LogP contribution in [0.15, 0.2) is 27.4 Å². The smallest absolute Gasteiger partial charge is 0.408 e. The van der Waals surface area contributed by atoms with Crippen molar-refractivity contribution in [3.8, 4) is 0 Å². The minimum atomic E-state index is -0.316. The van der Waals surface area contributed by atoms with E-state index >= 15 is 0 Å². The average Bonchev–Trinajstić information content (AvgIpc) is 2.80. The monoisotopic (exact) mass is 353 g/mol. The number of ether oxygens (including phenoxy) is 1. The van der Waals surface area contributed by atoms with Crippen LogP contribution in [-0.2, 0) is 11.8 Å². The number of alkyl halides is 1. The molecule has 3 rings (SSSR count). The SMILES string of the molecule is Cn1c(=O)oc2cc(C(Br)CCC3CCCCO3)ccc21. The number of nitrogens with zero attached hydrogens (tertiary/aromatic N) is 1. The summed E-state index contributed by atoms with van der Waals surface area (Å²) in [6, 6.07) is 5.96. The number of hydrogen-bond acceptors (Lipinski definition) is 3. The molecule has 2 heterocycles. The van der Waals surface area contributed by atoms with Crippen LogP contribution in [0.5, 0.6) is 0 Å². The quantitative estimate of drug-likeness (QED) is 0.782. The summed E-state index contributed by atoms with van der Waals surface area (Å²) in [4.78, 5) is 11.8. The average molecular weight is 354 g/mol. The van der Waals surface area contributed by atoms with Gasteiger partial charge in [-0.25, -0.2) is 4.79 Å². The van der Waals surface area contributed by atoms with E-state index < -0.39 is 0 Å². The van der Waals surface area contributed by atoms with Gasteiger partial charge in [0.1, 0.15) is 0 Å². The molecule has 0 saturated carbocycles. The van der Waals surface area contributed by atoms with Gasteiger partial charge in [0, 0.05) is 18.5 Å². The van der Waals surface area contributed by atoms with Crippen LogP contribution in [0.4, 0.5) is 0 Å². The summed E-state index contributed by atoms with van der Waals surface area (Å²) < 4.78 is 12.5. The fraction of sp³-hybridized carbons (Fsp3) is 0.562. The summed E-state index contributed by atoms with van der Waals surface area (Å²) in [6.07, 6.45) is 6.13. The van der Waals surface area contributed by atoms with E-state index in [9.17, 15) is 4.79 Å². The van der Waals surface area contributed by atoms with Gasteiger partial charge in [-0.3, -0.25) is 4.57 Å². The predicted octanol–water partition coefficient (Wildman–Crippen LogP) is 3.92. The van der Waals surface area contributed by atoms with Crippen molar-refractivity contribution in [1.82, 2.24) is 4.57 Å². The van der Waals surface area contributed by atoms with E-state index in [0.717, 1.165) is 30.5 Å². The van der Waals surface area contributed by atoms with Gasteiger partial charge in [-0.1, -0.05) is 22.0 Å². The topological polar surface area (TPSA) is 44.4 Å². The van der Waals surface area contributed by atoms with E-state index in [1.54, 1.807) is 7.05 Å². The predicted molar refractivity (Wildman–Crippen MR) is 85.9 cm³/mol. The second-order valence-electron chi connectivity index (χ2n) is 5.69. The van der Waals surface area contributed by atoms with Crippen molar-refractivity contribution in [1.29, 1.82) is 0 Å². The highest BCUT2D eigenvalue weighted by Crippen LogP contribution is 2.31. The molecule has 1 aromatic heterocycles. The summed E-state index contributed by atoms with van der Waals surface area (Å²) in [7, 11) is 1.72. The molecule has 0 N–H and O–H groups in total. The zero-order valence-corrected chi connectivity index (χ0v) is 13.8. The van der Waals surface area contributed by atoms with E-state index in [1.165, 1.54) is 23.8 Å². The number of oxazole rings is 1. The van der Waals surface area contributed by atoms with Gasteiger partial charge in [0.15, 0.2) is 5.58 Å². The van der Waals surface area contributed by atoms with E-state index in [4.69, 9.17) is 9.15 Å². The molecule has 0 amide bonds. The van der Waals surface area contributed by atoms with Crippen molar-refractivity contribution in [3.63, 3.8) is 0 Å². The van der Waals surface area contributed by atoms with Crippen LogP contribution in [0.3, 0.4) is 0 Å². The van der Waals surface area contributed by atoms with Crippen LogP contribution in [0.25, 0.3) is 11.1 Å². The van der Waals surface area contributed by atoms with Crippen molar-refractivity contribution < 1.29 is 9.15 Å². The van der Waals surface area contributed by atoms with Crippen molar-refractivity contribution >= 4 is 27.0 Å². The Balaban J connectivity index is 1.69. The highest BCUT2D eigenvalue weighted by atomic mass is 79.9. The van der Waals surface area contributed by atoms with Crippen LogP contribution < -0.4 is 5.76 Å². The summed E-state index contributed by atoms with van der Waals surface area (Å²) in [6.45, 7) is 0.902. The third-order valence-electron chi connectivity index (χ3n) is 4.19. The minimum absolute atomic E-state index is 0.262. The van der Waals surface area contributed by atoms with E-state index in [2.05, 4.69) is 22.0 Å². The zero-order valence-electron chi connectivity index (χ0n) is 12.2. The number of benzene rings is 1. The van der Waals surface area contributed by atoms with Crippen LogP contribution in [-0.4, -0.2) is 17.3 Å². The Kier molecular flexibility index (Phi) is 4.50. The lowest BCUT2D eigenvalue weighted by molar-refractivity contribution is 0.0102. The van der Waals surface area contributed by atoms with E-state index in [-0.39, 0.29) is 10.6 Å². The standard InChI is InChI=1S/C16H20BrNO3/c1-18-14-8-5-11(10-15(14)21-16(18)19)13(17)7-6-12-4-2-3-9-20-12/h5,8,10,12-13H,2-4,6-7,9H2,1H3. The van der Waals surface area contributed by atoms with Gasteiger partial charge in [0.2, 0.25) is 0 Å². The van der Waals surface area contributed by atoms with Gasteiger partial charge in [-0.15, -0.1) is 0 Å². The number of aromatic nitrogens is 1. The second kappa shape index (κ2) is 6.36. The van der Waals surface area contributed by atoms with Gasteiger partial charge < -0.3 is 9.15 Å². The van der Waals surface area contributed by atoms with Gasteiger partial charge in [-0.05, 0) is 49.8 Å². The second-order valence-corrected chi connectivity index (χ2v) is 6.79. The van der Waals surface area contributed by atoms with Crippen molar-refractivity contribution in [2.24, 2.45) is 7.05 Å². The highest BCUT2D eigenvalue weighted by Gasteiger charge is 2.17. The fourth-order valence-corrected chi connectivity index (χ4v) is 3.43. The number of hydrogen-bond donors (Lipinski definition) is 0. The number of halogens is 1. The van der Waals surface area contributed by atoms with E-state index in [0.29, 0.717) is 11.7 Å². The summed E-state index contributed by atoms with van der Waals surface area (Å²) in [5, 5.41) is 0. The minimum Gasteiger partial charge on any atom is -0.408 e. The van der Waals surface area contributed by atoms with Crippen molar-refractivity contribution in [2.75, 3.05) is 6.61 Å². The van der Waals surface area contributed by atoms with Crippen LogP contribution in [0, 0.1) is 0 Å². The largest absolute Gasteiger partial charge is 0.419 e. The van der Waals surface area contributed by atoms with Gasteiger partial charge in [-0.2, -0.15) is 0 Å². The molecule has 0 radical (unpaired) electrons. The Bertz CT molecular complexity index is 670. The molecule has 1 aliphatic rings. The molecule has 5 heteroatoms. The van der Waals surface area contributed by atoms with Gasteiger partial charge in [0.25, 0.3) is 0 Å². The Morgan fingerprint density at radius 3 is 3.05 bits per heavy atom. The lowest BCUT2D eigenvalue weighted by Gasteiger charge is -2.23. The number of fused-ring (bicyclic) bond motifs is 1. The van der Waals surface area contributed by atoms with Gasteiger partial charge in [0.05, 0.1) is 11.6 Å². The Labute approximate surface area is 132 Å². The van der Waals surface area contributed by atoms with Crippen LogP contribution in [0.2, 0.25) is 0 Å². The Morgan fingerprint density at radius 2 is 2.29 bits per heavy atom. The molecular formula is C16H20BrNO3. The molecule has 2 atom stereocenters. The Morgan fingerprint density at radius 1 is 1.43 bits per heavy atom. The van der Waals surface area contributed by atoms with Crippen molar-refractivity contribution in [3.05, 3.63) is 34.3 Å². The molecule has 0 bridgehead atoms. The maximum atomic E-state index is 11.5. The summed E-state index contributed by atoms with van der Waals surface area (Å²) in [5.41, 5.74) is 2.63. The van der Waals surface area contributed by atoms with E-state index in [1.807, 2.05) is 12.1 Å². The zero-order chi connectivity index (χ0) is 14.8. The van der Waals surface area contributed by atoms with Crippen LogP contribution >= 0.6 is 15.9 Å². The maximum Gasteiger partial charge on any atom is 0.419 e. The molecule has 2 unspecified atom stereocenters. The molecule has 0 aliphatic carbocycles. The first-order valence-electron chi connectivity index (χ1n) is 7.50. The lowest BCUT2D eigenvalue weighted by Crippen LogP contribution is -2.19. The molecule has 1 aromatic carbocycles. The molecule has 4 nitrogen and oxygen atoms in total. The molecular weight excluding hydrogens is 334 g/mol. The first-order chi connectivity index (χ1) is 10.1. The molecule has 1 saturated heterocycles. The lowest BCUT2D eigenvalue weighted by atomic mass is 10.0. The highest BCUT2D eigenvalue weighted by molar-refractivity contribution is 9.09. The molecule has 21 heavy (non-hydrogen) atoms. The molecule has 1 fully saturated rings. The number of aryl methyl sites for hydroxylation is 1. The maximum absolute atomic E-state index is 11.5. The molecule has 114 valence electrons. The Hall–Kier alpha value is -1.07. The van der Waals surface area contributed by atoms with Crippen molar-refractivity contribution in [2.45, 2.75) is 43.0 Å². The summed E-state index contributed by atoms with van der Waals surface area (Å²) in [5.74, 6) is -0.316. The third-order valence-corrected chi connectivity index (χ3v) is 5.18. The first-order valence-corrected chi connectivity index (χ1v) is 8.42.